The number of benzene rings is 1. The number of nitrogens with zero attached hydrogens (tertiary/aromatic N) is 1. The highest BCUT2D eigenvalue weighted by atomic mass is 16.5. The molecule has 1 aromatic rings. The molecule has 0 aliphatic carbocycles. The maximum Gasteiger partial charge on any atom is 0.190 e. The van der Waals surface area contributed by atoms with E-state index in [0.29, 0.717) is 12.5 Å². The smallest absolute Gasteiger partial charge is 0.190 e. The predicted octanol–water partition coefficient (Wildman–Crippen LogP) is 3.47. The average Bonchev–Trinajstić information content (AvgIpc) is 2.69. The summed E-state index contributed by atoms with van der Waals surface area (Å²) in [6.45, 7) is 9.95. The summed E-state index contributed by atoms with van der Waals surface area (Å²) in [6.07, 6.45) is 3.49. The Morgan fingerprint density at radius 1 is 1.25 bits per heavy atom. The molecule has 0 saturated carbocycles. The molecule has 28 heavy (non-hydrogen) atoms. The van der Waals surface area contributed by atoms with E-state index in [0.717, 1.165) is 50.0 Å². The first-order valence-electron chi connectivity index (χ1n) is 10.3. The molecule has 2 rings (SSSR count). The molecule has 158 valence electrons. The number of aliphatic imine (C=N–C) groups is 1. The molecule has 0 spiro atoms. The quantitative estimate of drug-likeness (QED) is 0.404. The molecular weight excluding hydrogens is 354 g/mol. The maximum atomic E-state index is 6.07. The second-order valence-electron chi connectivity index (χ2n) is 8.32. The zero-order valence-corrected chi connectivity index (χ0v) is 18.1. The van der Waals surface area contributed by atoms with Crippen LogP contribution in [0.2, 0.25) is 0 Å². The standard InChI is InChI=1S/C22H37N3O3/c1-22(2,3)20-17(9-7-13-28-20)16-25-21(23-4)24-12-8-14-27-19-11-6-10-18(15-19)26-5/h6,10-11,15,17,20H,7-9,12-14,16H2,1-5H3,(H2,23,24,25). The first kappa shape index (κ1) is 22.3. The van der Waals surface area contributed by atoms with Gasteiger partial charge in [-0.2, -0.15) is 0 Å². The summed E-state index contributed by atoms with van der Waals surface area (Å²) in [5, 5.41) is 6.83. The summed E-state index contributed by atoms with van der Waals surface area (Å²) in [7, 11) is 3.46. The van der Waals surface area contributed by atoms with Crippen molar-refractivity contribution < 1.29 is 14.2 Å². The molecule has 1 fully saturated rings. The van der Waals surface area contributed by atoms with E-state index in [1.54, 1.807) is 14.2 Å². The molecule has 0 aromatic heterocycles. The molecule has 1 aromatic carbocycles. The van der Waals surface area contributed by atoms with Crippen molar-refractivity contribution in [3.8, 4) is 11.5 Å². The SMILES string of the molecule is CN=C(NCCCOc1cccc(OC)c1)NCC1CCCOC1C(C)(C)C. The van der Waals surface area contributed by atoms with Crippen LogP contribution in [-0.2, 0) is 4.74 Å². The van der Waals surface area contributed by atoms with E-state index in [9.17, 15) is 0 Å². The van der Waals surface area contributed by atoms with Crippen molar-refractivity contribution >= 4 is 5.96 Å². The lowest BCUT2D eigenvalue weighted by Crippen LogP contribution is -2.47. The Kier molecular flexibility index (Phi) is 8.90. The molecule has 1 aliphatic rings. The highest BCUT2D eigenvalue weighted by Crippen LogP contribution is 2.33. The lowest BCUT2D eigenvalue weighted by molar-refractivity contribution is -0.0835. The van der Waals surface area contributed by atoms with E-state index in [4.69, 9.17) is 14.2 Å². The van der Waals surface area contributed by atoms with Crippen LogP contribution in [0.4, 0.5) is 0 Å². The van der Waals surface area contributed by atoms with Gasteiger partial charge in [0.25, 0.3) is 0 Å². The largest absolute Gasteiger partial charge is 0.497 e. The Hall–Kier alpha value is -1.95. The summed E-state index contributed by atoms with van der Waals surface area (Å²) in [4.78, 5) is 4.33. The van der Waals surface area contributed by atoms with Crippen molar-refractivity contribution in [3.63, 3.8) is 0 Å². The van der Waals surface area contributed by atoms with E-state index in [1.807, 2.05) is 24.3 Å². The Bertz CT molecular complexity index is 613. The summed E-state index contributed by atoms with van der Waals surface area (Å²) in [5.74, 6) is 2.97. The Labute approximate surface area is 170 Å². The van der Waals surface area contributed by atoms with Crippen molar-refractivity contribution in [1.82, 2.24) is 10.6 Å². The van der Waals surface area contributed by atoms with Crippen LogP contribution < -0.4 is 20.1 Å². The maximum absolute atomic E-state index is 6.07. The first-order valence-corrected chi connectivity index (χ1v) is 10.3. The molecule has 1 heterocycles. The summed E-state index contributed by atoms with van der Waals surface area (Å²) < 4.78 is 17.0. The van der Waals surface area contributed by atoms with Crippen molar-refractivity contribution in [2.75, 3.05) is 40.5 Å². The molecule has 2 unspecified atom stereocenters. The van der Waals surface area contributed by atoms with Gasteiger partial charge in [-0.05, 0) is 36.8 Å². The van der Waals surface area contributed by atoms with Gasteiger partial charge in [-0.15, -0.1) is 0 Å². The molecular formula is C22H37N3O3. The molecule has 2 N–H and O–H groups in total. The average molecular weight is 392 g/mol. The number of hydrogen-bond donors (Lipinski definition) is 2. The topological polar surface area (TPSA) is 64.1 Å². The van der Waals surface area contributed by atoms with Crippen molar-refractivity contribution in [2.24, 2.45) is 16.3 Å². The van der Waals surface area contributed by atoms with Crippen LogP contribution in [0.5, 0.6) is 11.5 Å². The van der Waals surface area contributed by atoms with E-state index in [2.05, 4.69) is 36.4 Å². The van der Waals surface area contributed by atoms with Gasteiger partial charge in [0, 0.05) is 38.7 Å². The Balaban J connectivity index is 1.68. The van der Waals surface area contributed by atoms with Gasteiger partial charge in [0.1, 0.15) is 11.5 Å². The van der Waals surface area contributed by atoms with Crippen LogP contribution in [0.1, 0.15) is 40.0 Å². The van der Waals surface area contributed by atoms with Gasteiger partial charge in [-0.1, -0.05) is 26.8 Å². The van der Waals surface area contributed by atoms with E-state index < -0.39 is 0 Å². The number of hydrogen-bond acceptors (Lipinski definition) is 4. The third kappa shape index (κ3) is 7.23. The fourth-order valence-corrected chi connectivity index (χ4v) is 3.62. The van der Waals surface area contributed by atoms with Crippen molar-refractivity contribution in [3.05, 3.63) is 24.3 Å². The molecule has 6 heteroatoms. The van der Waals surface area contributed by atoms with Crippen molar-refractivity contribution in [2.45, 2.75) is 46.1 Å². The second kappa shape index (κ2) is 11.1. The van der Waals surface area contributed by atoms with Crippen LogP contribution in [0.3, 0.4) is 0 Å². The highest BCUT2D eigenvalue weighted by Gasteiger charge is 2.35. The highest BCUT2D eigenvalue weighted by molar-refractivity contribution is 5.79. The molecule has 0 amide bonds. The zero-order valence-electron chi connectivity index (χ0n) is 18.1. The van der Waals surface area contributed by atoms with Gasteiger partial charge in [-0.25, -0.2) is 0 Å². The Morgan fingerprint density at radius 3 is 2.75 bits per heavy atom. The first-order chi connectivity index (χ1) is 13.4. The van der Waals surface area contributed by atoms with Crippen LogP contribution in [-0.4, -0.2) is 52.5 Å². The number of methoxy groups -OCH3 is 1. The molecule has 6 nitrogen and oxygen atoms in total. The minimum Gasteiger partial charge on any atom is -0.497 e. The van der Waals surface area contributed by atoms with Gasteiger partial charge in [0.2, 0.25) is 0 Å². The number of rotatable bonds is 8. The Morgan fingerprint density at radius 2 is 2.04 bits per heavy atom. The predicted molar refractivity (Wildman–Crippen MR) is 114 cm³/mol. The van der Waals surface area contributed by atoms with Gasteiger partial charge >= 0.3 is 0 Å². The van der Waals surface area contributed by atoms with Crippen LogP contribution in [0.15, 0.2) is 29.3 Å². The lowest BCUT2D eigenvalue weighted by atomic mass is 9.78. The minimum atomic E-state index is 0.154. The minimum absolute atomic E-state index is 0.154. The monoisotopic (exact) mass is 391 g/mol. The molecule has 2 atom stereocenters. The van der Waals surface area contributed by atoms with Gasteiger partial charge in [0.15, 0.2) is 5.96 Å². The summed E-state index contributed by atoms with van der Waals surface area (Å²) >= 11 is 0. The van der Waals surface area contributed by atoms with E-state index >= 15 is 0 Å². The fourth-order valence-electron chi connectivity index (χ4n) is 3.62. The third-order valence-electron chi connectivity index (χ3n) is 4.98. The van der Waals surface area contributed by atoms with Gasteiger partial charge in [0.05, 0.1) is 19.8 Å². The van der Waals surface area contributed by atoms with Gasteiger partial charge in [-0.3, -0.25) is 4.99 Å². The molecule has 0 bridgehead atoms. The van der Waals surface area contributed by atoms with Gasteiger partial charge < -0.3 is 24.8 Å². The van der Waals surface area contributed by atoms with Crippen molar-refractivity contribution in [1.29, 1.82) is 0 Å². The summed E-state index contributed by atoms with van der Waals surface area (Å²) in [6, 6.07) is 7.67. The summed E-state index contributed by atoms with van der Waals surface area (Å²) in [5.41, 5.74) is 0.154. The lowest BCUT2D eigenvalue weighted by Gasteiger charge is -2.40. The zero-order chi connectivity index (χ0) is 20.4. The third-order valence-corrected chi connectivity index (χ3v) is 4.98. The van der Waals surface area contributed by atoms with Crippen LogP contribution >= 0.6 is 0 Å². The fraction of sp³-hybridized carbons (Fsp3) is 0.682. The number of guanidine groups is 1. The normalized spacial score (nSPS) is 20.5. The molecule has 0 radical (unpaired) electrons. The van der Waals surface area contributed by atoms with E-state index in [1.165, 1.54) is 6.42 Å². The number of nitrogens with one attached hydrogen (secondary N) is 2. The van der Waals surface area contributed by atoms with Crippen LogP contribution in [0.25, 0.3) is 0 Å². The van der Waals surface area contributed by atoms with Crippen LogP contribution in [0, 0.1) is 11.3 Å². The van der Waals surface area contributed by atoms with E-state index in [-0.39, 0.29) is 11.5 Å². The second-order valence-corrected chi connectivity index (χ2v) is 8.32. The molecule has 1 saturated heterocycles. The number of ether oxygens (including phenoxy) is 3. The molecule has 1 aliphatic heterocycles.